The van der Waals surface area contributed by atoms with Gasteiger partial charge in [-0.25, -0.2) is 0 Å². The van der Waals surface area contributed by atoms with E-state index in [0.29, 0.717) is 30.1 Å². The number of likely N-dealkylation sites (tertiary alicyclic amines) is 1. The molecule has 0 radical (unpaired) electrons. The molecule has 0 unspecified atom stereocenters. The fourth-order valence-electron chi connectivity index (χ4n) is 4.57. The Hall–Kier alpha value is -3.39. The van der Waals surface area contributed by atoms with Gasteiger partial charge in [-0.15, -0.1) is 0 Å². The van der Waals surface area contributed by atoms with E-state index in [-0.39, 0.29) is 43.7 Å². The van der Waals surface area contributed by atoms with E-state index < -0.39 is 5.41 Å². The zero-order valence-corrected chi connectivity index (χ0v) is 20.2. The summed E-state index contributed by atoms with van der Waals surface area (Å²) in [5.41, 5.74) is 1.08. The number of rotatable bonds is 11. The van der Waals surface area contributed by atoms with Gasteiger partial charge in [-0.2, -0.15) is 0 Å². The standard InChI is InChI=1S/C26H32N2O6/c1-18-9-5-6-11-20(18)26(16-23(30)28(25(26)31)13-8-14-32-2)15-22(29)27-17-19-10-7-12-21(33-3)24(19)34-4/h5-7,9-12H,8,13-17H2,1-4H3,(H,27,29)/t26-/m0/s1. The molecule has 34 heavy (non-hydrogen) atoms. The third kappa shape index (κ3) is 5.07. The molecular weight excluding hydrogens is 436 g/mol. The van der Waals surface area contributed by atoms with Crippen molar-refractivity contribution in [3.05, 3.63) is 59.2 Å². The van der Waals surface area contributed by atoms with Gasteiger partial charge in [0.1, 0.15) is 0 Å². The maximum absolute atomic E-state index is 13.6. The molecule has 8 nitrogen and oxygen atoms in total. The van der Waals surface area contributed by atoms with E-state index in [1.165, 1.54) is 12.0 Å². The van der Waals surface area contributed by atoms with Crippen molar-refractivity contribution in [2.24, 2.45) is 0 Å². The van der Waals surface area contributed by atoms with Crippen molar-refractivity contribution >= 4 is 17.7 Å². The topological polar surface area (TPSA) is 94.2 Å². The van der Waals surface area contributed by atoms with Gasteiger partial charge in [0.2, 0.25) is 17.7 Å². The number of hydrogen-bond donors (Lipinski definition) is 1. The second-order valence-corrected chi connectivity index (χ2v) is 8.38. The second-order valence-electron chi connectivity index (χ2n) is 8.38. The van der Waals surface area contributed by atoms with Crippen LogP contribution >= 0.6 is 0 Å². The van der Waals surface area contributed by atoms with Crippen LogP contribution in [-0.4, -0.2) is 57.1 Å². The molecule has 1 N–H and O–H groups in total. The number of carbonyl (C=O) groups excluding carboxylic acids is 3. The monoisotopic (exact) mass is 468 g/mol. The van der Waals surface area contributed by atoms with E-state index in [1.807, 2.05) is 43.3 Å². The molecule has 182 valence electrons. The first-order valence-corrected chi connectivity index (χ1v) is 11.2. The van der Waals surface area contributed by atoms with Crippen molar-refractivity contribution in [1.29, 1.82) is 0 Å². The minimum Gasteiger partial charge on any atom is -0.493 e. The highest BCUT2D eigenvalue weighted by Gasteiger charge is 2.53. The molecule has 1 atom stereocenters. The fourth-order valence-corrected chi connectivity index (χ4v) is 4.57. The van der Waals surface area contributed by atoms with E-state index in [9.17, 15) is 14.4 Å². The number of hydrogen-bond acceptors (Lipinski definition) is 6. The van der Waals surface area contributed by atoms with Gasteiger partial charge in [0.15, 0.2) is 11.5 Å². The van der Waals surface area contributed by atoms with E-state index in [4.69, 9.17) is 14.2 Å². The summed E-state index contributed by atoms with van der Waals surface area (Å²) in [6, 6.07) is 12.8. The van der Waals surface area contributed by atoms with E-state index in [1.54, 1.807) is 20.3 Å². The van der Waals surface area contributed by atoms with Gasteiger partial charge < -0.3 is 19.5 Å². The maximum Gasteiger partial charge on any atom is 0.240 e. The molecule has 1 aliphatic heterocycles. The lowest BCUT2D eigenvalue weighted by Gasteiger charge is -2.28. The van der Waals surface area contributed by atoms with E-state index >= 15 is 0 Å². The Kier molecular flexibility index (Phi) is 8.28. The fraction of sp³-hybridized carbons (Fsp3) is 0.423. The predicted molar refractivity (Wildman–Crippen MR) is 127 cm³/mol. The molecule has 8 heteroatoms. The smallest absolute Gasteiger partial charge is 0.240 e. The van der Waals surface area contributed by atoms with Gasteiger partial charge in [-0.05, 0) is 30.5 Å². The zero-order chi connectivity index (χ0) is 24.7. The summed E-state index contributed by atoms with van der Waals surface area (Å²) in [5.74, 6) is 0.168. The lowest BCUT2D eigenvalue weighted by molar-refractivity contribution is -0.141. The third-order valence-corrected chi connectivity index (χ3v) is 6.22. The Balaban J connectivity index is 1.85. The Bertz CT molecular complexity index is 1050. The Morgan fingerprint density at radius 3 is 2.50 bits per heavy atom. The minimum absolute atomic E-state index is 0.0421. The van der Waals surface area contributed by atoms with Crippen LogP contribution in [0, 0.1) is 6.92 Å². The molecule has 2 aromatic carbocycles. The van der Waals surface area contributed by atoms with Gasteiger partial charge >= 0.3 is 0 Å². The number of imide groups is 1. The SMILES string of the molecule is COCCCN1C(=O)C[C@@](CC(=O)NCc2cccc(OC)c2OC)(c2ccccc2C)C1=O. The average molecular weight is 469 g/mol. The number of nitrogens with one attached hydrogen (secondary N) is 1. The van der Waals surface area contributed by atoms with Gasteiger partial charge in [0, 0.05) is 45.2 Å². The highest BCUT2D eigenvalue weighted by molar-refractivity contribution is 6.10. The molecule has 0 saturated carbocycles. The van der Waals surface area contributed by atoms with Gasteiger partial charge in [-0.3, -0.25) is 19.3 Å². The van der Waals surface area contributed by atoms with E-state index in [2.05, 4.69) is 5.32 Å². The maximum atomic E-state index is 13.6. The summed E-state index contributed by atoms with van der Waals surface area (Å²) >= 11 is 0. The van der Waals surface area contributed by atoms with Crippen LogP contribution in [0.1, 0.15) is 36.0 Å². The number of benzene rings is 2. The molecule has 2 aromatic rings. The number of para-hydroxylation sites is 1. The molecular formula is C26H32N2O6. The summed E-state index contributed by atoms with van der Waals surface area (Å²) in [7, 11) is 4.66. The molecule has 1 saturated heterocycles. The normalized spacial score (nSPS) is 17.7. The first-order chi connectivity index (χ1) is 16.4. The van der Waals surface area contributed by atoms with E-state index in [0.717, 1.165) is 11.1 Å². The van der Waals surface area contributed by atoms with Crippen molar-refractivity contribution in [2.75, 3.05) is 34.5 Å². The van der Waals surface area contributed by atoms with Gasteiger partial charge in [0.05, 0.1) is 19.6 Å². The van der Waals surface area contributed by atoms with Crippen LogP contribution in [-0.2, 0) is 31.1 Å². The molecule has 3 rings (SSSR count). The van der Waals surface area contributed by atoms with Gasteiger partial charge in [0.25, 0.3) is 0 Å². The number of carbonyl (C=O) groups is 3. The highest BCUT2D eigenvalue weighted by Crippen LogP contribution is 2.41. The largest absolute Gasteiger partial charge is 0.493 e. The number of methoxy groups -OCH3 is 3. The van der Waals surface area contributed by atoms with Crippen molar-refractivity contribution < 1.29 is 28.6 Å². The van der Waals surface area contributed by atoms with Crippen molar-refractivity contribution in [2.45, 2.75) is 38.1 Å². The van der Waals surface area contributed by atoms with Crippen molar-refractivity contribution in [1.82, 2.24) is 10.2 Å². The van der Waals surface area contributed by atoms with Crippen LogP contribution in [0.4, 0.5) is 0 Å². The average Bonchev–Trinajstić information content (AvgIpc) is 3.07. The molecule has 1 fully saturated rings. The Morgan fingerprint density at radius 2 is 1.82 bits per heavy atom. The zero-order valence-electron chi connectivity index (χ0n) is 20.2. The first-order valence-electron chi connectivity index (χ1n) is 11.2. The second kappa shape index (κ2) is 11.2. The van der Waals surface area contributed by atoms with Crippen LogP contribution in [0.15, 0.2) is 42.5 Å². The highest BCUT2D eigenvalue weighted by atomic mass is 16.5. The Labute approximate surface area is 200 Å². The lowest BCUT2D eigenvalue weighted by Crippen LogP contribution is -2.43. The Morgan fingerprint density at radius 1 is 1.06 bits per heavy atom. The first kappa shape index (κ1) is 25.2. The van der Waals surface area contributed by atoms with Crippen molar-refractivity contribution in [3.8, 4) is 11.5 Å². The summed E-state index contributed by atoms with van der Waals surface area (Å²) in [5, 5.41) is 2.89. The minimum atomic E-state index is -1.24. The third-order valence-electron chi connectivity index (χ3n) is 6.22. The molecule has 1 aliphatic rings. The molecule has 0 spiro atoms. The molecule has 1 heterocycles. The molecule has 0 aliphatic carbocycles. The van der Waals surface area contributed by atoms with Crippen LogP contribution in [0.3, 0.4) is 0 Å². The summed E-state index contributed by atoms with van der Waals surface area (Å²) < 4.78 is 15.8. The molecule has 0 bridgehead atoms. The van der Waals surface area contributed by atoms with Crippen LogP contribution in [0.5, 0.6) is 11.5 Å². The van der Waals surface area contributed by atoms with Crippen LogP contribution in [0.2, 0.25) is 0 Å². The molecule has 0 aromatic heterocycles. The predicted octanol–water partition coefficient (Wildman–Crippen LogP) is 2.75. The summed E-state index contributed by atoms with van der Waals surface area (Å²) in [6.45, 7) is 2.79. The van der Waals surface area contributed by atoms with Crippen molar-refractivity contribution in [3.63, 3.8) is 0 Å². The summed E-state index contributed by atoms with van der Waals surface area (Å²) in [6.07, 6.45) is 0.370. The van der Waals surface area contributed by atoms with Crippen LogP contribution in [0.25, 0.3) is 0 Å². The van der Waals surface area contributed by atoms with Gasteiger partial charge in [-0.1, -0.05) is 36.4 Å². The number of ether oxygens (including phenoxy) is 3. The molecule has 3 amide bonds. The number of aryl methyl sites for hydroxylation is 1. The summed E-state index contributed by atoms with van der Waals surface area (Å²) in [4.78, 5) is 40.9. The lowest BCUT2D eigenvalue weighted by atomic mass is 9.74. The van der Waals surface area contributed by atoms with Crippen LogP contribution < -0.4 is 14.8 Å². The quantitative estimate of drug-likeness (QED) is 0.403. The number of nitrogens with zero attached hydrogens (tertiary/aromatic N) is 1. The number of amides is 3.